The number of hydrogen-bond acceptors (Lipinski definition) is 8. The second-order valence-electron chi connectivity index (χ2n) is 11.5. The van der Waals surface area contributed by atoms with E-state index in [9.17, 15) is 33.5 Å². The van der Waals surface area contributed by atoms with E-state index in [1.54, 1.807) is 62.3 Å². The van der Waals surface area contributed by atoms with Gasteiger partial charge in [0.05, 0.1) is 0 Å². The van der Waals surface area contributed by atoms with E-state index >= 15 is 0 Å². The van der Waals surface area contributed by atoms with Gasteiger partial charge >= 0.3 is 24.1 Å². The monoisotopic (exact) mass is 535 g/mol. The lowest BCUT2D eigenvalue weighted by molar-refractivity contribution is -0.158. The third-order valence-electron chi connectivity index (χ3n) is 4.16. The van der Waals surface area contributed by atoms with E-state index in [0.29, 0.717) is 0 Å². The molecule has 4 N–H and O–H groups in total. The van der Waals surface area contributed by atoms with Crippen LogP contribution < -0.4 is 16.0 Å². The van der Waals surface area contributed by atoms with Gasteiger partial charge in [0, 0.05) is 0 Å². The summed E-state index contributed by atoms with van der Waals surface area (Å²) in [6.07, 6.45) is -5.19. The molecule has 0 aliphatic heterocycles. The summed E-state index contributed by atoms with van der Waals surface area (Å²) in [5.41, 5.74) is -2.65. The van der Waals surface area contributed by atoms with Crippen LogP contribution in [0.5, 0.6) is 0 Å². The van der Waals surface area contributed by atoms with Crippen LogP contribution in [0, 0.1) is 0 Å². The molecule has 0 heterocycles. The number of carboxylic acids is 1. The summed E-state index contributed by atoms with van der Waals surface area (Å²) in [6.45, 7) is 15.8. The second kappa shape index (κ2) is 13.4. The first-order valence-corrected chi connectivity index (χ1v) is 11.9. The number of alkyl carbamates (subject to hydrolysis) is 2. The Labute approximate surface area is 217 Å². The van der Waals surface area contributed by atoms with Crippen LogP contribution in [0.1, 0.15) is 82.1 Å². The van der Waals surface area contributed by atoms with Gasteiger partial charge in [-0.2, -0.15) is 0 Å². The molecule has 0 aromatic heterocycles. The lowest BCUT2D eigenvalue weighted by atomic mass is 10.0. The number of ether oxygens (including phenoxy) is 3. The van der Waals surface area contributed by atoms with Crippen molar-refractivity contribution in [3.05, 3.63) is 0 Å². The maximum Gasteiger partial charge on any atom is 0.408 e. The molecule has 0 rings (SSSR count). The predicted octanol–water partition coefficient (Wildman–Crippen LogP) is 2.82. The van der Waals surface area contributed by atoms with E-state index in [0.717, 1.165) is 0 Å². The first kappa shape index (κ1) is 33.9. The number of alkyl halides is 1. The van der Waals surface area contributed by atoms with Gasteiger partial charge in [0.2, 0.25) is 5.91 Å². The van der Waals surface area contributed by atoms with Gasteiger partial charge in [-0.3, -0.25) is 4.79 Å². The highest BCUT2D eigenvalue weighted by Crippen LogP contribution is 2.15. The molecule has 0 aromatic rings. The van der Waals surface area contributed by atoms with Crippen molar-refractivity contribution >= 4 is 30.0 Å². The molecule has 0 saturated carbocycles. The van der Waals surface area contributed by atoms with Gasteiger partial charge in [0.1, 0.15) is 35.1 Å². The zero-order chi connectivity index (χ0) is 29.4. The number of carbonyl (C=O) groups is 5. The van der Waals surface area contributed by atoms with Crippen molar-refractivity contribution in [3.63, 3.8) is 0 Å². The zero-order valence-corrected chi connectivity index (χ0v) is 23.3. The Bertz CT molecular complexity index is 829. The summed E-state index contributed by atoms with van der Waals surface area (Å²) in [5, 5.41) is 16.0. The summed E-state index contributed by atoms with van der Waals surface area (Å²) in [4.78, 5) is 60.9. The number of amides is 3. The number of halogens is 1. The average molecular weight is 536 g/mol. The maximum absolute atomic E-state index is 14.9. The SMILES string of the molecule is C[C@H](NC(=O)[C@H](CCC(F)C(NC(=O)OC(C)(C)C)C(=O)O)NC(=O)OC(C)(C)C)C(=O)OC(C)(C)C. The highest BCUT2D eigenvalue weighted by Gasteiger charge is 2.34. The van der Waals surface area contributed by atoms with Crippen LogP contribution in [0.4, 0.5) is 14.0 Å². The standard InChI is InChI=1S/C24H42FN3O9/c1-13(19(32)35-22(2,3)4)26-17(29)15(27-20(33)36-23(5,6)7)12-11-14(25)16(18(30)31)28-21(34)37-24(8,9)10/h13-16H,11-12H2,1-10H3,(H,26,29)(H,27,33)(H,28,34)(H,30,31)/t13-,14?,15-,16?/m0/s1. The number of hydrogen-bond donors (Lipinski definition) is 4. The second-order valence-corrected chi connectivity index (χ2v) is 11.5. The quantitative estimate of drug-likeness (QED) is 0.243. The van der Waals surface area contributed by atoms with Crippen molar-refractivity contribution in [3.8, 4) is 0 Å². The molecule has 0 aliphatic carbocycles. The molecule has 0 bridgehead atoms. The Hall–Kier alpha value is -3.12. The molecule has 13 heteroatoms. The van der Waals surface area contributed by atoms with Crippen LogP contribution in [-0.2, 0) is 28.6 Å². The fraction of sp³-hybridized carbons (Fsp3) is 0.792. The number of nitrogens with one attached hydrogen (secondary N) is 3. The van der Waals surface area contributed by atoms with Crippen molar-refractivity contribution < 1.29 is 47.7 Å². The minimum atomic E-state index is -2.15. The Morgan fingerprint density at radius 3 is 1.57 bits per heavy atom. The van der Waals surface area contributed by atoms with Gasteiger partial charge in [0.25, 0.3) is 0 Å². The topological polar surface area (TPSA) is 169 Å². The number of carboxylic acid groups (broad SMARTS) is 1. The molecule has 0 spiro atoms. The Morgan fingerprint density at radius 2 is 1.16 bits per heavy atom. The summed E-state index contributed by atoms with van der Waals surface area (Å²) in [7, 11) is 0. The van der Waals surface area contributed by atoms with Gasteiger partial charge < -0.3 is 35.3 Å². The van der Waals surface area contributed by atoms with E-state index in [-0.39, 0.29) is 6.42 Å². The highest BCUT2D eigenvalue weighted by molar-refractivity contribution is 5.89. The predicted molar refractivity (Wildman–Crippen MR) is 132 cm³/mol. The third kappa shape index (κ3) is 15.6. The Balaban J connectivity index is 5.52. The van der Waals surface area contributed by atoms with Crippen molar-refractivity contribution in [2.45, 2.75) is 123 Å². The van der Waals surface area contributed by atoms with E-state index in [1.807, 2.05) is 5.32 Å². The minimum absolute atomic E-state index is 0.382. The summed E-state index contributed by atoms with van der Waals surface area (Å²) >= 11 is 0. The fourth-order valence-electron chi connectivity index (χ4n) is 2.72. The molecule has 2 unspecified atom stereocenters. The molecule has 0 radical (unpaired) electrons. The molecule has 37 heavy (non-hydrogen) atoms. The maximum atomic E-state index is 14.9. The first-order chi connectivity index (χ1) is 16.5. The fourth-order valence-corrected chi connectivity index (χ4v) is 2.72. The van der Waals surface area contributed by atoms with Crippen molar-refractivity contribution in [1.29, 1.82) is 0 Å². The molecular formula is C24H42FN3O9. The smallest absolute Gasteiger partial charge is 0.408 e. The Morgan fingerprint density at radius 1 is 0.730 bits per heavy atom. The van der Waals surface area contributed by atoms with E-state index in [4.69, 9.17) is 14.2 Å². The van der Waals surface area contributed by atoms with E-state index in [1.165, 1.54) is 6.92 Å². The molecule has 4 atom stereocenters. The van der Waals surface area contributed by atoms with Gasteiger partial charge in [-0.05, 0) is 82.1 Å². The van der Waals surface area contributed by atoms with Gasteiger partial charge in [0.15, 0.2) is 6.04 Å². The van der Waals surface area contributed by atoms with Crippen LogP contribution in [0.15, 0.2) is 0 Å². The van der Waals surface area contributed by atoms with Crippen LogP contribution in [0.25, 0.3) is 0 Å². The molecule has 0 saturated heterocycles. The molecule has 214 valence electrons. The summed E-state index contributed by atoms with van der Waals surface area (Å²) < 4.78 is 30.2. The largest absolute Gasteiger partial charge is 0.480 e. The van der Waals surface area contributed by atoms with Crippen LogP contribution >= 0.6 is 0 Å². The molecule has 12 nitrogen and oxygen atoms in total. The minimum Gasteiger partial charge on any atom is -0.480 e. The number of carbonyl (C=O) groups excluding carboxylic acids is 4. The molecule has 0 aromatic carbocycles. The third-order valence-corrected chi connectivity index (χ3v) is 4.16. The first-order valence-electron chi connectivity index (χ1n) is 11.9. The zero-order valence-electron chi connectivity index (χ0n) is 23.3. The van der Waals surface area contributed by atoms with Gasteiger partial charge in [-0.25, -0.2) is 23.6 Å². The summed E-state index contributed by atoms with van der Waals surface area (Å²) in [5.74, 6) is -3.23. The van der Waals surface area contributed by atoms with E-state index < -0.39 is 77.6 Å². The van der Waals surface area contributed by atoms with Crippen LogP contribution in [0.3, 0.4) is 0 Å². The molecule has 3 amide bonds. The van der Waals surface area contributed by atoms with Gasteiger partial charge in [-0.15, -0.1) is 0 Å². The lowest BCUT2D eigenvalue weighted by Gasteiger charge is -2.27. The van der Waals surface area contributed by atoms with E-state index in [2.05, 4.69) is 10.6 Å². The van der Waals surface area contributed by atoms with Crippen molar-refractivity contribution in [1.82, 2.24) is 16.0 Å². The molecule has 0 aliphatic rings. The number of aliphatic carboxylic acids is 1. The lowest BCUT2D eigenvalue weighted by Crippen LogP contribution is -2.53. The van der Waals surface area contributed by atoms with Crippen molar-refractivity contribution in [2.75, 3.05) is 0 Å². The van der Waals surface area contributed by atoms with Crippen LogP contribution in [-0.4, -0.2) is 76.2 Å². The van der Waals surface area contributed by atoms with Crippen molar-refractivity contribution in [2.24, 2.45) is 0 Å². The van der Waals surface area contributed by atoms with Gasteiger partial charge in [-0.1, -0.05) is 0 Å². The summed E-state index contributed by atoms with van der Waals surface area (Å²) in [6, 6.07) is -4.47. The normalized spacial score (nSPS) is 15.3. The highest BCUT2D eigenvalue weighted by atomic mass is 19.1. The van der Waals surface area contributed by atoms with Crippen LogP contribution in [0.2, 0.25) is 0 Å². The average Bonchev–Trinajstić information content (AvgIpc) is 2.64. The molecule has 0 fully saturated rings. The Kier molecular flexibility index (Phi) is 12.3. The number of esters is 1. The number of rotatable bonds is 10. The molecular weight excluding hydrogens is 493 g/mol.